The number of aromatic nitrogens is 3. The summed E-state index contributed by atoms with van der Waals surface area (Å²) in [5.74, 6) is 0. The predicted molar refractivity (Wildman–Crippen MR) is 41.3 cm³/mol. The molecule has 0 aliphatic carbocycles. The van der Waals surface area contributed by atoms with Crippen LogP contribution in [0.3, 0.4) is 0 Å². The van der Waals surface area contributed by atoms with E-state index in [0.717, 1.165) is 0 Å². The van der Waals surface area contributed by atoms with Gasteiger partial charge in [0.2, 0.25) is 0 Å². The largest absolute Gasteiger partial charge is 0.225 e. The Balaban J connectivity index is -0.000000120. The van der Waals surface area contributed by atoms with E-state index in [2.05, 4.69) is 15.0 Å². The standard InChI is InChI=1S/C3H3N3.3Na.3H/c1-4-2-6-3-5-1;;;;;;/h1-3H;;;;;;. The molecule has 0 radical (unpaired) electrons. The van der Waals surface area contributed by atoms with Crippen molar-refractivity contribution >= 4 is 88.7 Å². The van der Waals surface area contributed by atoms with Crippen molar-refractivity contribution in [3.63, 3.8) is 0 Å². The Hall–Kier alpha value is 2.01. The van der Waals surface area contributed by atoms with Crippen molar-refractivity contribution in [2.24, 2.45) is 0 Å². The van der Waals surface area contributed by atoms with Gasteiger partial charge in [-0.3, -0.25) is 0 Å². The van der Waals surface area contributed by atoms with Gasteiger partial charge >= 0.3 is 88.7 Å². The zero-order valence-electron chi connectivity index (χ0n) is 3.07. The average Bonchev–Trinajstić information content (AvgIpc) is 1.72. The van der Waals surface area contributed by atoms with E-state index >= 15 is 0 Å². The van der Waals surface area contributed by atoms with Crippen molar-refractivity contribution in [2.45, 2.75) is 0 Å². The smallest absolute Gasteiger partial charge is 0.119 e. The van der Waals surface area contributed by atoms with E-state index in [4.69, 9.17) is 0 Å². The minimum absolute atomic E-state index is 0. The minimum Gasteiger partial charge on any atom is -0.225 e. The third-order valence-electron chi connectivity index (χ3n) is 0.400. The van der Waals surface area contributed by atoms with Gasteiger partial charge in [0.05, 0.1) is 0 Å². The molecule has 0 fully saturated rings. The molecule has 1 aromatic rings. The molecule has 36 valence electrons. The van der Waals surface area contributed by atoms with Crippen LogP contribution in [0.2, 0.25) is 0 Å². The molecule has 9 heavy (non-hydrogen) atoms. The molecule has 0 aliphatic rings. The van der Waals surface area contributed by atoms with Gasteiger partial charge in [0.1, 0.15) is 19.0 Å². The fourth-order valence-corrected chi connectivity index (χ4v) is 0.205. The molecule has 0 unspecified atom stereocenters. The van der Waals surface area contributed by atoms with E-state index in [1.807, 2.05) is 0 Å². The number of rotatable bonds is 0. The number of hydrogen-bond donors (Lipinski definition) is 0. The maximum atomic E-state index is 3.56. The second-order valence-corrected chi connectivity index (χ2v) is 0.794. The van der Waals surface area contributed by atoms with E-state index in [-0.39, 0.29) is 88.7 Å². The SMILES string of the molecule is [NaH].[NaH].[NaH].c1ncncn1. The third-order valence-corrected chi connectivity index (χ3v) is 0.400. The van der Waals surface area contributed by atoms with Crippen LogP contribution in [-0.4, -0.2) is 104 Å². The van der Waals surface area contributed by atoms with Crippen LogP contribution in [-0.2, 0) is 0 Å². The Morgan fingerprint density at radius 2 is 0.778 bits per heavy atom. The summed E-state index contributed by atoms with van der Waals surface area (Å²) in [6.45, 7) is 0. The average molecular weight is 153 g/mol. The molecule has 0 N–H and O–H groups in total. The Bertz CT molecular complexity index is 86.2. The Labute approximate surface area is 120 Å². The van der Waals surface area contributed by atoms with Gasteiger partial charge in [0, 0.05) is 0 Å². The first-order valence-corrected chi connectivity index (χ1v) is 1.55. The van der Waals surface area contributed by atoms with Crippen molar-refractivity contribution in [1.82, 2.24) is 15.0 Å². The van der Waals surface area contributed by atoms with Crippen LogP contribution in [0.1, 0.15) is 0 Å². The van der Waals surface area contributed by atoms with Crippen molar-refractivity contribution in [2.75, 3.05) is 0 Å². The van der Waals surface area contributed by atoms with Crippen molar-refractivity contribution < 1.29 is 0 Å². The van der Waals surface area contributed by atoms with E-state index in [1.165, 1.54) is 19.0 Å². The second kappa shape index (κ2) is 12.7. The van der Waals surface area contributed by atoms with Crippen molar-refractivity contribution in [1.29, 1.82) is 0 Å². The first kappa shape index (κ1) is 17.2. The molecule has 0 bridgehead atoms. The van der Waals surface area contributed by atoms with Gasteiger partial charge in [-0.2, -0.15) is 0 Å². The molecule has 0 saturated carbocycles. The van der Waals surface area contributed by atoms with Gasteiger partial charge < -0.3 is 0 Å². The molecule has 1 aromatic heterocycles. The summed E-state index contributed by atoms with van der Waals surface area (Å²) in [4.78, 5) is 10.7. The molecule has 0 aromatic carbocycles. The molecule has 0 atom stereocenters. The van der Waals surface area contributed by atoms with Crippen LogP contribution in [0.25, 0.3) is 0 Å². The Kier molecular flexibility index (Phi) is 24.2. The zero-order valence-corrected chi connectivity index (χ0v) is 3.07. The molecule has 1 heterocycles. The molecule has 0 spiro atoms. The predicted octanol–water partition coefficient (Wildman–Crippen LogP) is -2.07. The van der Waals surface area contributed by atoms with E-state index in [9.17, 15) is 0 Å². The molecule has 0 saturated heterocycles. The summed E-state index contributed by atoms with van der Waals surface area (Å²) in [7, 11) is 0. The Morgan fingerprint density at radius 1 is 0.556 bits per heavy atom. The molecule has 1 rings (SSSR count). The van der Waals surface area contributed by atoms with Gasteiger partial charge in [-0.1, -0.05) is 0 Å². The van der Waals surface area contributed by atoms with Crippen LogP contribution in [0, 0.1) is 0 Å². The minimum atomic E-state index is 0. The maximum absolute atomic E-state index is 3.56. The number of nitrogens with zero attached hydrogens (tertiary/aromatic N) is 3. The summed E-state index contributed by atoms with van der Waals surface area (Å²) in [5, 5.41) is 0. The van der Waals surface area contributed by atoms with Crippen molar-refractivity contribution in [3.05, 3.63) is 19.0 Å². The van der Waals surface area contributed by atoms with E-state index in [0.29, 0.717) is 0 Å². The van der Waals surface area contributed by atoms with Crippen LogP contribution in [0.15, 0.2) is 19.0 Å². The molecule has 3 nitrogen and oxygen atoms in total. The van der Waals surface area contributed by atoms with Gasteiger partial charge in [0.15, 0.2) is 0 Å². The first-order chi connectivity index (χ1) is 3.00. The summed E-state index contributed by atoms with van der Waals surface area (Å²) >= 11 is 0. The van der Waals surface area contributed by atoms with Gasteiger partial charge in [0.25, 0.3) is 0 Å². The second-order valence-electron chi connectivity index (χ2n) is 0.794. The molecule has 6 heteroatoms. The normalized spacial score (nSPS) is 5.33. The van der Waals surface area contributed by atoms with Gasteiger partial charge in [-0.25, -0.2) is 15.0 Å². The van der Waals surface area contributed by atoms with Crippen LogP contribution >= 0.6 is 0 Å². The fraction of sp³-hybridized carbons (Fsp3) is 0. The van der Waals surface area contributed by atoms with Crippen LogP contribution < -0.4 is 0 Å². The Morgan fingerprint density at radius 3 is 0.889 bits per heavy atom. The van der Waals surface area contributed by atoms with Crippen molar-refractivity contribution in [3.8, 4) is 0 Å². The van der Waals surface area contributed by atoms with Crippen LogP contribution in [0.5, 0.6) is 0 Å². The monoisotopic (exact) mass is 153 g/mol. The summed E-state index contributed by atoms with van der Waals surface area (Å²) in [6.07, 6.45) is 4.31. The zero-order chi connectivity index (χ0) is 4.24. The summed E-state index contributed by atoms with van der Waals surface area (Å²) in [6, 6.07) is 0. The quantitative estimate of drug-likeness (QED) is 0.402. The molecule has 0 amide bonds. The topological polar surface area (TPSA) is 38.7 Å². The van der Waals surface area contributed by atoms with Crippen LogP contribution in [0.4, 0.5) is 0 Å². The van der Waals surface area contributed by atoms with Gasteiger partial charge in [-0.15, -0.1) is 0 Å². The number of hydrogen-bond acceptors (Lipinski definition) is 3. The summed E-state index contributed by atoms with van der Waals surface area (Å²) in [5.41, 5.74) is 0. The van der Waals surface area contributed by atoms with E-state index in [1.54, 1.807) is 0 Å². The molecular formula is C3H6N3Na3. The fourth-order valence-electron chi connectivity index (χ4n) is 0.205. The first-order valence-electron chi connectivity index (χ1n) is 1.55. The maximum Gasteiger partial charge on any atom is 0.119 e. The summed E-state index contributed by atoms with van der Waals surface area (Å²) < 4.78 is 0. The molecular weight excluding hydrogens is 147 g/mol. The van der Waals surface area contributed by atoms with E-state index < -0.39 is 0 Å². The van der Waals surface area contributed by atoms with Gasteiger partial charge in [-0.05, 0) is 0 Å². The third kappa shape index (κ3) is 10.0. The molecule has 0 aliphatic heterocycles.